The van der Waals surface area contributed by atoms with Gasteiger partial charge >= 0.3 is 0 Å². The number of aryl methyl sites for hydroxylation is 1. The molecule has 3 rings (SSSR count). The predicted molar refractivity (Wildman–Crippen MR) is 109 cm³/mol. The van der Waals surface area contributed by atoms with Crippen LogP contribution in [0.5, 0.6) is 0 Å². The number of rotatable bonds is 7. The van der Waals surface area contributed by atoms with Crippen molar-refractivity contribution in [2.45, 2.75) is 19.3 Å². The zero-order chi connectivity index (χ0) is 18.9. The molecule has 136 valence electrons. The molecule has 0 spiro atoms. The largest absolute Gasteiger partial charge is 0.324 e. The SMILES string of the molecule is O=C(CCCc1ccccc1)Nc1ccccc1NC(=O)c1ccccc1. The molecule has 0 fully saturated rings. The average Bonchev–Trinajstić information content (AvgIpc) is 2.71. The summed E-state index contributed by atoms with van der Waals surface area (Å²) in [6.45, 7) is 0. The number of hydrogen-bond acceptors (Lipinski definition) is 2. The molecule has 0 bridgehead atoms. The number of benzene rings is 3. The predicted octanol–water partition coefficient (Wildman–Crippen LogP) is 4.90. The summed E-state index contributed by atoms with van der Waals surface area (Å²) in [7, 11) is 0. The van der Waals surface area contributed by atoms with E-state index in [0.717, 1.165) is 12.8 Å². The minimum atomic E-state index is -0.207. The molecule has 0 saturated heterocycles. The van der Waals surface area contributed by atoms with Gasteiger partial charge in [0.05, 0.1) is 11.4 Å². The third-order valence-corrected chi connectivity index (χ3v) is 4.20. The van der Waals surface area contributed by atoms with Crippen molar-refractivity contribution in [2.24, 2.45) is 0 Å². The molecule has 0 atom stereocenters. The Bertz CT molecular complexity index is 893. The maximum absolute atomic E-state index is 12.4. The van der Waals surface area contributed by atoms with Crippen molar-refractivity contribution in [1.82, 2.24) is 0 Å². The van der Waals surface area contributed by atoms with Gasteiger partial charge in [-0.3, -0.25) is 9.59 Å². The highest BCUT2D eigenvalue weighted by Crippen LogP contribution is 2.22. The lowest BCUT2D eigenvalue weighted by molar-refractivity contribution is -0.116. The van der Waals surface area contributed by atoms with Crippen molar-refractivity contribution in [2.75, 3.05) is 10.6 Å². The van der Waals surface area contributed by atoms with Crippen LogP contribution in [0.25, 0.3) is 0 Å². The molecular formula is C23H22N2O2. The second-order valence-corrected chi connectivity index (χ2v) is 6.25. The van der Waals surface area contributed by atoms with Crippen LogP contribution in [0.3, 0.4) is 0 Å². The van der Waals surface area contributed by atoms with Crippen LogP contribution >= 0.6 is 0 Å². The lowest BCUT2D eigenvalue weighted by Crippen LogP contribution is -2.16. The van der Waals surface area contributed by atoms with E-state index in [0.29, 0.717) is 23.4 Å². The smallest absolute Gasteiger partial charge is 0.255 e. The summed E-state index contributed by atoms with van der Waals surface area (Å²) < 4.78 is 0. The van der Waals surface area contributed by atoms with Crippen LogP contribution in [0.1, 0.15) is 28.8 Å². The molecule has 4 nitrogen and oxygen atoms in total. The van der Waals surface area contributed by atoms with Gasteiger partial charge in [0.2, 0.25) is 5.91 Å². The Hall–Kier alpha value is -3.40. The number of hydrogen-bond donors (Lipinski definition) is 2. The Kier molecular flexibility index (Phi) is 6.36. The van der Waals surface area contributed by atoms with Crippen molar-refractivity contribution < 1.29 is 9.59 Å². The zero-order valence-electron chi connectivity index (χ0n) is 15.0. The van der Waals surface area contributed by atoms with Crippen molar-refractivity contribution in [1.29, 1.82) is 0 Å². The van der Waals surface area contributed by atoms with E-state index < -0.39 is 0 Å². The van der Waals surface area contributed by atoms with Crippen molar-refractivity contribution in [3.63, 3.8) is 0 Å². The number of anilines is 2. The molecule has 4 heteroatoms. The Morgan fingerprint density at radius 1 is 0.667 bits per heavy atom. The average molecular weight is 358 g/mol. The highest BCUT2D eigenvalue weighted by Gasteiger charge is 2.10. The normalized spacial score (nSPS) is 10.2. The Balaban J connectivity index is 1.57. The molecule has 0 aromatic heterocycles. The molecule has 0 saturated carbocycles. The monoisotopic (exact) mass is 358 g/mol. The summed E-state index contributed by atoms with van der Waals surface area (Å²) in [6, 6.07) is 26.3. The summed E-state index contributed by atoms with van der Waals surface area (Å²) >= 11 is 0. The van der Waals surface area contributed by atoms with Crippen LogP contribution in [0.4, 0.5) is 11.4 Å². The van der Waals surface area contributed by atoms with Crippen LogP contribution in [-0.2, 0) is 11.2 Å². The summed E-state index contributed by atoms with van der Waals surface area (Å²) in [5, 5.41) is 5.76. The first-order valence-corrected chi connectivity index (χ1v) is 9.01. The van der Waals surface area contributed by atoms with E-state index >= 15 is 0 Å². The Morgan fingerprint density at radius 3 is 1.89 bits per heavy atom. The van der Waals surface area contributed by atoms with Gasteiger partial charge in [-0.1, -0.05) is 60.7 Å². The first-order chi connectivity index (χ1) is 13.2. The van der Waals surface area contributed by atoms with E-state index in [9.17, 15) is 9.59 Å². The Morgan fingerprint density at radius 2 is 1.22 bits per heavy atom. The Labute approximate surface area is 159 Å². The van der Waals surface area contributed by atoms with Gasteiger partial charge in [-0.05, 0) is 42.7 Å². The molecule has 0 aliphatic heterocycles. The summed E-state index contributed by atoms with van der Waals surface area (Å²) in [6.07, 6.45) is 2.06. The molecule has 3 aromatic rings. The van der Waals surface area contributed by atoms with Crippen LogP contribution in [-0.4, -0.2) is 11.8 Å². The number of nitrogens with one attached hydrogen (secondary N) is 2. The van der Waals surface area contributed by atoms with Crippen LogP contribution in [0, 0.1) is 0 Å². The van der Waals surface area contributed by atoms with E-state index in [-0.39, 0.29) is 11.8 Å². The molecule has 3 aromatic carbocycles. The topological polar surface area (TPSA) is 58.2 Å². The highest BCUT2D eigenvalue weighted by molar-refractivity contribution is 6.07. The molecule has 27 heavy (non-hydrogen) atoms. The van der Waals surface area contributed by atoms with Gasteiger partial charge in [0.25, 0.3) is 5.91 Å². The van der Waals surface area contributed by atoms with Crippen molar-refractivity contribution in [3.05, 3.63) is 96.1 Å². The maximum atomic E-state index is 12.4. The van der Waals surface area contributed by atoms with Gasteiger partial charge in [-0.15, -0.1) is 0 Å². The molecule has 2 amide bonds. The van der Waals surface area contributed by atoms with Gasteiger partial charge < -0.3 is 10.6 Å². The fraction of sp³-hybridized carbons (Fsp3) is 0.130. The third kappa shape index (κ3) is 5.54. The molecular weight excluding hydrogens is 336 g/mol. The van der Waals surface area contributed by atoms with Crippen LogP contribution < -0.4 is 10.6 Å². The van der Waals surface area contributed by atoms with Gasteiger partial charge in [0, 0.05) is 12.0 Å². The van der Waals surface area contributed by atoms with Crippen molar-refractivity contribution in [3.8, 4) is 0 Å². The minimum absolute atomic E-state index is 0.0626. The first-order valence-electron chi connectivity index (χ1n) is 9.01. The molecule has 0 radical (unpaired) electrons. The van der Waals surface area contributed by atoms with Gasteiger partial charge in [-0.25, -0.2) is 0 Å². The van der Waals surface area contributed by atoms with E-state index in [1.807, 2.05) is 48.5 Å². The van der Waals surface area contributed by atoms with Crippen LogP contribution in [0.15, 0.2) is 84.9 Å². The van der Waals surface area contributed by atoms with E-state index in [2.05, 4.69) is 22.8 Å². The van der Waals surface area contributed by atoms with E-state index in [1.165, 1.54) is 5.56 Å². The van der Waals surface area contributed by atoms with Gasteiger partial charge in [0.15, 0.2) is 0 Å². The molecule has 0 heterocycles. The fourth-order valence-electron chi connectivity index (χ4n) is 2.80. The summed E-state index contributed by atoms with van der Waals surface area (Å²) in [4.78, 5) is 24.6. The second-order valence-electron chi connectivity index (χ2n) is 6.25. The van der Waals surface area contributed by atoms with Crippen molar-refractivity contribution >= 4 is 23.2 Å². The van der Waals surface area contributed by atoms with Crippen LogP contribution in [0.2, 0.25) is 0 Å². The summed E-state index contributed by atoms with van der Waals surface area (Å²) in [5.74, 6) is -0.270. The second kappa shape index (κ2) is 9.34. The molecule has 0 aliphatic carbocycles. The number of amides is 2. The summed E-state index contributed by atoms with van der Waals surface area (Å²) in [5.41, 5.74) is 2.98. The first kappa shape index (κ1) is 18.4. The lowest BCUT2D eigenvalue weighted by atomic mass is 10.1. The maximum Gasteiger partial charge on any atom is 0.255 e. The number of carbonyl (C=O) groups is 2. The standard InChI is InChI=1S/C23H22N2O2/c26-22(17-9-12-18-10-3-1-4-11-18)24-20-15-7-8-16-21(20)25-23(27)19-13-5-2-6-14-19/h1-8,10-11,13-16H,9,12,17H2,(H,24,26)(H,25,27). The van der Waals surface area contributed by atoms with E-state index in [4.69, 9.17) is 0 Å². The quantitative estimate of drug-likeness (QED) is 0.631. The molecule has 0 aliphatic rings. The van der Waals surface area contributed by atoms with Gasteiger partial charge in [0.1, 0.15) is 0 Å². The molecule has 2 N–H and O–H groups in total. The fourth-order valence-corrected chi connectivity index (χ4v) is 2.80. The molecule has 0 unspecified atom stereocenters. The zero-order valence-corrected chi connectivity index (χ0v) is 15.0. The lowest BCUT2D eigenvalue weighted by Gasteiger charge is -2.12. The van der Waals surface area contributed by atoms with E-state index in [1.54, 1.807) is 24.3 Å². The number of carbonyl (C=O) groups excluding carboxylic acids is 2. The van der Waals surface area contributed by atoms with Gasteiger partial charge in [-0.2, -0.15) is 0 Å². The third-order valence-electron chi connectivity index (χ3n) is 4.20. The highest BCUT2D eigenvalue weighted by atomic mass is 16.2. The number of para-hydroxylation sites is 2. The minimum Gasteiger partial charge on any atom is -0.324 e.